The molecule has 0 aliphatic heterocycles. The Morgan fingerprint density at radius 2 is 2.13 bits per heavy atom. The van der Waals surface area contributed by atoms with Crippen LogP contribution in [0.5, 0.6) is 0 Å². The number of carboxylic acid groups (broad SMARTS) is 1. The van der Waals surface area contributed by atoms with Crippen molar-refractivity contribution in [1.29, 1.82) is 5.26 Å². The summed E-state index contributed by atoms with van der Waals surface area (Å²) in [6.45, 7) is 2.08. The predicted molar refractivity (Wildman–Crippen MR) is 115 cm³/mol. The standard InChI is InChI=1S/C24H22N4O3/c1-2-18-10-11-20-23(17-7-5-6-16(12-17)13-25)19(8-3-4-9-22(29)30)24(27-28(18)20)21-14-26-15-31-21/h5-7,10-12,14-15H,2-4,8-9H2,1H3,(H,29,30). The molecule has 7 heteroatoms. The highest BCUT2D eigenvalue weighted by atomic mass is 16.4. The first-order valence-electron chi connectivity index (χ1n) is 10.3. The number of oxazole rings is 1. The summed E-state index contributed by atoms with van der Waals surface area (Å²) in [6.07, 6.45) is 5.84. The van der Waals surface area contributed by atoms with Crippen molar-refractivity contribution in [1.82, 2.24) is 14.6 Å². The number of aliphatic carboxylic acids is 1. The van der Waals surface area contributed by atoms with Crippen LogP contribution in [0.4, 0.5) is 0 Å². The lowest BCUT2D eigenvalue weighted by Crippen LogP contribution is -2.06. The van der Waals surface area contributed by atoms with Crippen molar-refractivity contribution in [3.8, 4) is 28.7 Å². The molecule has 0 saturated heterocycles. The Morgan fingerprint density at radius 3 is 2.84 bits per heavy atom. The fraction of sp³-hybridized carbons (Fsp3) is 0.250. The van der Waals surface area contributed by atoms with Gasteiger partial charge in [-0.3, -0.25) is 4.79 Å². The molecular formula is C24H22N4O3. The maximum Gasteiger partial charge on any atom is 0.303 e. The second kappa shape index (κ2) is 8.84. The van der Waals surface area contributed by atoms with Crippen molar-refractivity contribution >= 4 is 11.5 Å². The predicted octanol–water partition coefficient (Wildman–Crippen LogP) is 4.89. The topological polar surface area (TPSA) is 104 Å². The minimum Gasteiger partial charge on any atom is -0.481 e. The van der Waals surface area contributed by atoms with E-state index >= 15 is 0 Å². The lowest BCUT2D eigenvalue weighted by atomic mass is 9.93. The fourth-order valence-electron chi connectivity index (χ4n) is 3.90. The highest BCUT2D eigenvalue weighted by Crippen LogP contribution is 2.36. The number of unbranched alkanes of at least 4 members (excludes halogenated alkanes) is 1. The van der Waals surface area contributed by atoms with Crippen LogP contribution >= 0.6 is 0 Å². The van der Waals surface area contributed by atoms with Gasteiger partial charge in [0, 0.05) is 17.7 Å². The second-order valence-electron chi connectivity index (χ2n) is 7.34. The highest BCUT2D eigenvalue weighted by Gasteiger charge is 2.21. The van der Waals surface area contributed by atoms with Gasteiger partial charge in [-0.05, 0) is 61.1 Å². The molecule has 1 N–H and O–H groups in total. The Labute approximate surface area is 179 Å². The SMILES string of the molecule is CCc1ccc2c(-c3cccc(C#N)c3)c(CCCCC(=O)O)c(-c3cnco3)nn12. The van der Waals surface area contributed by atoms with E-state index in [1.807, 2.05) is 28.8 Å². The van der Waals surface area contributed by atoms with Crippen LogP contribution in [-0.2, 0) is 17.6 Å². The van der Waals surface area contributed by atoms with Gasteiger partial charge in [-0.15, -0.1) is 0 Å². The summed E-state index contributed by atoms with van der Waals surface area (Å²) in [5.41, 5.74) is 6.13. The summed E-state index contributed by atoms with van der Waals surface area (Å²) in [5.74, 6) is -0.242. The van der Waals surface area contributed by atoms with E-state index in [1.54, 1.807) is 12.3 Å². The summed E-state index contributed by atoms with van der Waals surface area (Å²) in [6, 6.07) is 13.8. The molecule has 1 aromatic carbocycles. The van der Waals surface area contributed by atoms with Crippen molar-refractivity contribution < 1.29 is 14.3 Å². The first kappa shape index (κ1) is 20.4. The number of benzene rings is 1. The van der Waals surface area contributed by atoms with Crippen LogP contribution < -0.4 is 0 Å². The maximum atomic E-state index is 11.0. The number of rotatable bonds is 8. The molecule has 156 valence electrons. The minimum atomic E-state index is -0.801. The number of nitrogens with zero attached hydrogens (tertiary/aromatic N) is 4. The number of fused-ring (bicyclic) bond motifs is 1. The van der Waals surface area contributed by atoms with Crippen molar-refractivity contribution in [3.05, 3.63) is 65.8 Å². The van der Waals surface area contributed by atoms with Crippen molar-refractivity contribution in [2.75, 3.05) is 0 Å². The van der Waals surface area contributed by atoms with E-state index in [9.17, 15) is 10.1 Å². The molecule has 31 heavy (non-hydrogen) atoms. The van der Waals surface area contributed by atoms with Crippen LogP contribution in [0.25, 0.3) is 28.1 Å². The van der Waals surface area contributed by atoms with Gasteiger partial charge < -0.3 is 9.52 Å². The van der Waals surface area contributed by atoms with E-state index in [4.69, 9.17) is 14.6 Å². The smallest absolute Gasteiger partial charge is 0.303 e. The van der Waals surface area contributed by atoms with Gasteiger partial charge in [-0.2, -0.15) is 10.4 Å². The van der Waals surface area contributed by atoms with Crippen molar-refractivity contribution in [2.24, 2.45) is 0 Å². The number of hydrogen-bond acceptors (Lipinski definition) is 5. The van der Waals surface area contributed by atoms with Gasteiger partial charge in [0.15, 0.2) is 12.2 Å². The Hall–Kier alpha value is -3.92. The molecule has 0 fully saturated rings. The van der Waals surface area contributed by atoms with Gasteiger partial charge in [-0.25, -0.2) is 9.50 Å². The van der Waals surface area contributed by atoms with E-state index in [0.717, 1.165) is 34.3 Å². The Morgan fingerprint density at radius 1 is 1.26 bits per heavy atom. The highest BCUT2D eigenvalue weighted by molar-refractivity contribution is 5.87. The third kappa shape index (κ3) is 4.05. The Kier molecular flexibility index (Phi) is 5.80. The van der Waals surface area contributed by atoms with Crippen LogP contribution in [0.1, 0.15) is 43.0 Å². The van der Waals surface area contributed by atoms with Crippen molar-refractivity contribution in [2.45, 2.75) is 39.0 Å². The zero-order chi connectivity index (χ0) is 21.8. The normalized spacial score (nSPS) is 11.0. The van der Waals surface area contributed by atoms with E-state index in [-0.39, 0.29) is 6.42 Å². The Bertz CT molecular complexity index is 1270. The molecule has 0 saturated carbocycles. The van der Waals surface area contributed by atoms with E-state index in [0.29, 0.717) is 36.3 Å². The van der Waals surface area contributed by atoms with E-state index in [1.165, 1.54) is 6.39 Å². The van der Waals surface area contributed by atoms with E-state index < -0.39 is 5.97 Å². The van der Waals surface area contributed by atoms with Crippen LogP contribution in [-0.4, -0.2) is 25.7 Å². The summed E-state index contributed by atoms with van der Waals surface area (Å²) in [7, 11) is 0. The number of hydrogen-bond donors (Lipinski definition) is 1. The molecule has 0 amide bonds. The minimum absolute atomic E-state index is 0.123. The number of carboxylic acids is 1. The first-order valence-corrected chi connectivity index (χ1v) is 10.3. The third-order valence-electron chi connectivity index (χ3n) is 5.35. The lowest BCUT2D eigenvalue weighted by molar-refractivity contribution is -0.137. The molecule has 0 aliphatic carbocycles. The summed E-state index contributed by atoms with van der Waals surface area (Å²) >= 11 is 0. The van der Waals surface area contributed by atoms with Crippen LogP contribution in [0, 0.1) is 11.3 Å². The fourth-order valence-corrected chi connectivity index (χ4v) is 3.90. The molecule has 4 aromatic rings. The van der Waals surface area contributed by atoms with Crippen LogP contribution in [0.3, 0.4) is 0 Å². The van der Waals surface area contributed by atoms with E-state index in [2.05, 4.69) is 24.0 Å². The van der Waals surface area contributed by atoms with Gasteiger partial charge in [0.05, 0.1) is 23.3 Å². The molecule has 7 nitrogen and oxygen atoms in total. The summed E-state index contributed by atoms with van der Waals surface area (Å²) in [4.78, 5) is 15.0. The third-order valence-corrected chi connectivity index (χ3v) is 5.35. The molecule has 0 spiro atoms. The average molecular weight is 414 g/mol. The van der Waals surface area contributed by atoms with Crippen LogP contribution in [0.15, 0.2) is 53.4 Å². The average Bonchev–Trinajstić information content (AvgIpc) is 3.45. The number of aromatic nitrogens is 3. The molecule has 0 unspecified atom stereocenters. The van der Waals surface area contributed by atoms with Gasteiger partial charge in [0.25, 0.3) is 0 Å². The lowest BCUT2D eigenvalue weighted by Gasteiger charge is -2.16. The monoisotopic (exact) mass is 414 g/mol. The Balaban J connectivity index is 1.96. The molecule has 0 radical (unpaired) electrons. The van der Waals surface area contributed by atoms with Gasteiger partial charge >= 0.3 is 5.97 Å². The summed E-state index contributed by atoms with van der Waals surface area (Å²) < 4.78 is 7.53. The molecule has 3 aromatic heterocycles. The molecule has 0 aliphatic rings. The first-order chi connectivity index (χ1) is 15.1. The van der Waals surface area contributed by atoms with Crippen LogP contribution in [0.2, 0.25) is 0 Å². The zero-order valence-corrected chi connectivity index (χ0v) is 17.2. The second-order valence-corrected chi connectivity index (χ2v) is 7.34. The molecular weight excluding hydrogens is 392 g/mol. The largest absolute Gasteiger partial charge is 0.481 e. The zero-order valence-electron chi connectivity index (χ0n) is 17.2. The molecule has 0 bridgehead atoms. The summed E-state index contributed by atoms with van der Waals surface area (Å²) in [5, 5.41) is 23.3. The number of carbonyl (C=O) groups is 1. The number of nitriles is 1. The van der Waals surface area contributed by atoms with Gasteiger partial charge in [0.2, 0.25) is 0 Å². The van der Waals surface area contributed by atoms with Gasteiger partial charge in [0.1, 0.15) is 5.69 Å². The van der Waals surface area contributed by atoms with Crippen molar-refractivity contribution in [3.63, 3.8) is 0 Å². The number of aryl methyl sites for hydroxylation is 1. The van der Waals surface area contributed by atoms with Gasteiger partial charge in [-0.1, -0.05) is 19.1 Å². The molecule has 4 rings (SSSR count). The maximum absolute atomic E-state index is 11.0. The molecule has 0 atom stereocenters. The quantitative estimate of drug-likeness (QED) is 0.412. The molecule has 3 heterocycles.